The lowest BCUT2D eigenvalue weighted by Crippen LogP contribution is -2.25. The summed E-state index contributed by atoms with van der Waals surface area (Å²) in [6.45, 7) is 8.18. The van der Waals surface area contributed by atoms with E-state index in [0.29, 0.717) is 5.92 Å². The monoisotopic (exact) mass is 299 g/mol. The van der Waals surface area contributed by atoms with E-state index in [1.165, 1.54) is 26.1 Å². The minimum atomic E-state index is 0.699. The van der Waals surface area contributed by atoms with Crippen molar-refractivity contribution < 1.29 is 0 Å². The van der Waals surface area contributed by atoms with E-state index in [1.807, 2.05) is 24.0 Å². The highest BCUT2D eigenvalue weighted by Gasteiger charge is 2.23. The number of imidazole rings is 1. The lowest BCUT2D eigenvalue weighted by molar-refractivity contribution is 0.287. The molecule has 118 valence electrons. The highest BCUT2D eigenvalue weighted by atomic mass is 15.1. The van der Waals surface area contributed by atoms with E-state index >= 15 is 0 Å². The molecule has 5 heteroatoms. The number of rotatable bonds is 5. The number of likely N-dealkylation sites (tertiary alicyclic amines) is 1. The Labute approximate surface area is 132 Å². The molecule has 1 saturated heterocycles. The summed E-state index contributed by atoms with van der Waals surface area (Å²) in [5.74, 6) is 2.32. The summed E-state index contributed by atoms with van der Waals surface area (Å²) < 4.78 is 1.98. The smallest absolute Gasteiger partial charge is 0.159 e. The summed E-state index contributed by atoms with van der Waals surface area (Å²) >= 11 is 0. The van der Waals surface area contributed by atoms with Gasteiger partial charge < -0.3 is 9.47 Å². The maximum absolute atomic E-state index is 4.76. The lowest BCUT2D eigenvalue weighted by Gasteiger charge is -2.18. The fourth-order valence-electron chi connectivity index (χ4n) is 3.28. The normalized spacial score (nSPS) is 19.2. The van der Waals surface area contributed by atoms with Crippen LogP contribution < -0.4 is 0 Å². The molecule has 1 fully saturated rings. The van der Waals surface area contributed by atoms with Crippen LogP contribution in [-0.2, 0) is 13.5 Å². The highest BCUT2D eigenvalue weighted by molar-refractivity contribution is 5.48. The number of hydrogen-bond donors (Lipinski definition) is 0. The predicted octanol–water partition coefficient (Wildman–Crippen LogP) is 2.40. The maximum Gasteiger partial charge on any atom is 0.159 e. The van der Waals surface area contributed by atoms with E-state index in [4.69, 9.17) is 4.98 Å². The Balaban J connectivity index is 1.66. The van der Waals surface area contributed by atoms with Crippen molar-refractivity contribution in [1.82, 2.24) is 24.4 Å². The Hall–Kier alpha value is -1.75. The first-order chi connectivity index (χ1) is 10.6. The van der Waals surface area contributed by atoms with E-state index in [9.17, 15) is 0 Å². The topological polar surface area (TPSA) is 46.8 Å². The van der Waals surface area contributed by atoms with Crippen molar-refractivity contribution in [1.29, 1.82) is 0 Å². The molecular formula is C17H25N5. The van der Waals surface area contributed by atoms with Gasteiger partial charge in [-0.1, -0.05) is 13.8 Å². The molecule has 0 unspecified atom stereocenters. The highest BCUT2D eigenvalue weighted by Crippen LogP contribution is 2.22. The molecule has 1 atom stereocenters. The number of aryl methyl sites for hydroxylation is 1. The fraction of sp³-hybridized carbons (Fsp3) is 0.588. The van der Waals surface area contributed by atoms with Crippen LogP contribution in [0.1, 0.15) is 26.0 Å². The molecule has 3 rings (SSSR count). The Kier molecular flexibility index (Phi) is 4.52. The van der Waals surface area contributed by atoms with Crippen LogP contribution in [0.2, 0.25) is 0 Å². The second kappa shape index (κ2) is 6.57. The second-order valence-electron chi connectivity index (χ2n) is 6.77. The first-order valence-electron chi connectivity index (χ1n) is 8.13. The second-order valence-corrected chi connectivity index (χ2v) is 6.77. The van der Waals surface area contributed by atoms with E-state index in [-0.39, 0.29) is 0 Å². The summed E-state index contributed by atoms with van der Waals surface area (Å²) in [5.41, 5.74) is 1.94. The molecule has 0 saturated carbocycles. The Bertz CT molecular complexity index is 619. The van der Waals surface area contributed by atoms with Gasteiger partial charge in [0.25, 0.3) is 0 Å². The number of nitrogens with zero attached hydrogens (tertiary/aromatic N) is 5. The van der Waals surface area contributed by atoms with Crippen LogP contribution in [0, 0.1) is 11.8 Å². The average molecular weight is 299 g/mol. The van der Waals surface area contributed by atoms with Crippen LogP contribution in [0.3, 0.4) is 0 Å². The molecule has 22 heavy (non-hydrogen) atoms. The van der Waals surface area contributed by atoms with Crippen molar-refractivity contribution >= 4 is 0 Å². The van der Waals surface area contributed by atoms with Gasteiger partial charge in [0.05, 0.1) is 11.9 Å². The zero-order valence-electron chi connectivity index (χ0n) is 13.7. The molecule has 0 aliphatic carbocycles. The maximum atomic E-state index is 4.76. The average Bonchev–Trinajstić information content (AvgIpc) is 3.08. The van der Waals surface area contributed by atoms with Crippen LogP contribution in [-0.4, -0.2) is 44.1 Å². The molecule has 0 N–H and O–H groups in total. The molecule has 0 amide bonds. The van der Waals surface area contributed by atoms with Gasteiger partial charge in [-0.15, -0.1) is 0 Å². The molecule has 2 aromatic heterocycles. The van der Waals surface area contributed by atoms with Crippen molar-refractivity contribution in [2.75, 3.05) is 19.6 Å². The SMILES string of the molecule is CC(C)CN1CC[C@H](Cc2cncc(-c3nccn3C)n2)C1. The van der Waals surface area contributed by atoms with E-state index in [0.717, 1.165) is 29.6 Å². The Morgan fingerprint density at radius 2 is 2.18 bits per heavy atom. The van der Waals surface area contributed by atoms with Gasteiger partial charge in [-0.2, -0.15) is 0 Å². The van der Waals surface area contributed by atoms with Crippen LogP contribution in [0.5, 0.6) is 0 Å². The summed E-state index contributed by atoms with van der Waals surface area (Å²) in [6.07, 6.45) is 9.71. The van der Waals surface area contributed by atoms with Crippen molar-refractivity contribution in [2.45, 2.75) is 26.7 Å². The molecule has 1 aliphatic heterocycles. The first-order valence-corrected chi connectivity index (χ1v) is 8.13. The summed E-state index contributed by atoms with van der Waals surface area (Å²) in [5, 5.41) is 0. The predicted molar refractivity (Wildman–Crippen MR) is 87.3 cm³/mol. The zero-order chi connectivity index (χ0) is 15.5. The largest absolute Gasteiger partial charge is 0.333 e. The molecule has 0 bridgehead atoms. The summed E-state index contributed by atoms with van der Waals surface area (Å²) in [7, 11) is 1.98. The molecular weight excluding hydrogens is 274 g/mol. The molecule has 0 radical (unpaired) electrons. The van der Waals surface area contributed by atoms with E-state index < -0.39 is 0 Å². The van der Waals surface area contributed by atoms with Crippen molar-refractivity contribution in [3.8, 4) is 11.5 Å². The van der Waals surface area contributed by atoms with Crippen molar-refractivity contribution in [2.24, 2.45) is 18.9 Å². The van der Waals surface area contributed by atoms with Gasteiger partial charge in [-0.05, 0) is 31.2 Å². The third kappa shape index (κ3) is 3.53. The quantitative estimate of drug-likeness (QED) is 0.850. The van der Waals surface area contributed by atoms with Crippen LogP contribution in [0.4, 0.5) is 0 Å². The number of hydrogen-bond acceptors (Lipinski definition) is 4. The van der Waals surface area contributed by atoms with Crippen LogP contribution in [0.25, 0.3) is 11.5 Å². The lowest BCUT2D eigenvalue weighted by atomic mass is 10.0. The summed E-state index contributed by atoms with van der Waals surface area (Å²) in [4.78, 5) is 16.1. The van der Waals surface area contributed by atoms with Gasteiger partial charge in [0.2, 0.25) is 0 Å². The fourth-order valence-corrected chi connectivity index (χ4v) is 3.28. The molecule has 5 nitrogen and oxygen atoms in total. The van der Waals surface area contributed by atoms with Gasteiger partial charge in [0.1, 0.15) is 5.69 Å². The standard InChI is InChI=1S/C17H25N5/c1-13(2)11-22-6-4-14(12-22)8-15-9-18-10-16(20-15)17-19-5-7-21(17)3/h5,7,9-10,13-14H,4,6,8,11-12H2,1-3H3/t14-/m1/s1. The van der Waals surface area contributed by atoms with Crippen molar-refractivity contribution in [3.63, 3.8) is 0 Å². The van der Waals surface area contributed by atoms with Gasteiger partial charge in [-0.3, -0.25) is 4.98 Å². The zero-order valence-corrected chi connectivity index (χ0v) is 13.7. The van der Waals surface area contributed by atoms with Gasteiger partial charge >= 0.3 is 0 Å². The molecule has 0 aromatic carbocycles. The third-order valence-corrected chi connectivity index (χ3v) is 4.23. The van der Waals surface area contributed by atoms with Crippen LogP contribution >= 0.6 is 0 Å². The number of aromatic nitrogens is 4. The van der Waals surface area contributed by atoms with Gasteiger partial charge in [0.15, 0.2) is 5.82 Å². The Morgan fingerprint density at radius 1 is 1.32 bits per heavy atom. The first kappa shape index (κ1) is 15.2. The molecule has 2 aromatic rings. The summed E-state index contributed by atoms with van der Waals surface area (Å²) in [6, 6.07) is 0. The third-order valence-electron chi connectivity index (χ3n) is 4.23. The van der Waals surface area contributed by atoms with Gasteiger partial charge in [0, 0.05) is 38.7 Å². The van der Waals surface area contributed by atoms with Gasteiger partial charge in [-0.25, -0.2) is 9.97 Å². The minimum Gasteiger partial charge on any atom is -0.333 e. The Morgan fingerprint density at radius 3 is 2.91 bits per heavy atom. The van der Waals surface area contributed by atoms with Crippen molar-refractivity contribution in [3.05, 3.63) is 30.5 Å². The molecule has 0 spiro atoms. The van der Waals surface area contributed by atoms with E-state index in [1.54, 1.807) is 12.4 Å². The van der Waals surface area contributed by atoms with Crippen LogP contribution in [0.15, 0.2) is 24.8 Å². The minimum absolute atomic E-state index is 0.699. The molecule has 1 aliphatic rings. The van der Waals surface area contributed by atoms with E-state index in [2.05, 4.69) is 28.7 Å². The molecule has 3 heterocycles.